The zero-order chi connectivity index (χ0) is 14.4. The summed E-state index contributed by atoms with van der Waals surface area (Å²) in [4.78, 5) is 14.6. The first-order valence-electron chi connectivity index (χ1n) is 6.45. The minimum absolute atomic E-state index is 0.0487. The average Bonchev–Trinajstić information content (AvgIpc) is 2.40. The molecule has 1 amide bonds. The molecule has 0 fully saturated rings. The number of hydrogen-bond acceptors (Lipinski definition) is 3. The number of carbonyl (C=O) groups is 1. The maximum atomic E-state index is 12.2. The van der Waals surface area contributed by atoms with Gasteiger partial charge in [0.25, 0.3) is 0 Å². The van der Waals surface area contributed by atoms with Crippen LogP contribution in [-0.4, -0.2) is 34.9 Å². The van der Waals surface area contributed by atoms with E-state index in [1.807, 2.05) is 32.9 Å². The van der Waals surface area contributed by atoms with Crippen molar-refractivity contribution < 1.29 is 4.79 Å². The molecule has 19 heavy (non-hydrogen) atoms. The number of benzene rings is 1. The first kappa shape index (κ1) is 15.6. The SMILES string of the molecule is CCN(CC)C(C)C(=O)Nc1ccccc1C(N)=S. The van der Waals surface area contributed by atoms with Crippen LogP contribution in [0.25, 0.3) is 0 Å². The van der Waals surface area contributed by atoms with E-state index in [9.17, 15) is 4.79 Å². The van der Waals surface area contributed by atoms with Gasteiger partial charge in [0.15, 0.2) is 0 Å². The highest BCUT2D eigenvalue weighted by Gasteiger charge is 2.19. The number of rotatable bonds is 6. The summed E-state index contributed by atoms with van der Waals surface area (Å²) in [6.07, 6.45) is 0. The van der Waals surface area contributed by atoms with Crippen molar-refractivity contribution in [2.75, 3.05) is 18.4 Å². The van der Waals surface area contributed by atoms with E-state index >= 15 is 0 Å². The van der Waals surface area contributed by atoms with Gasteiger partial charge in [-0.05, 0) is 32.1 Å². The molecule has 1 aromatic carbocycles. The van der Waals surface area contributed by atoms with E-state index in [2.05, 4.69) is 10.2 Å². The number of carbonyl (C=O) groups excluding carboxylic acids is 1. The topological polar surface area (TPSA) is 58.4 Å². The predicted octanol–water partition coefficient (Wildman–Crippen LogP) is 1.99. The molecule has 0 spiro atoms. The highest BCUT2D eigenvalue weighted by molar-refractivity contribution is 7.80. The summed E-state index contributed by atoms with van der Waals surface area (Å²) in [5, 5.41) is 2.89. The quantitative estimate of drug-likeness (QED) is 0.782. The van der Waals surface area contributed by atoms with Gasteiger partial charge in [-0.1, -0.05) is 38.2 Å². The van der Waals surface area contributed by atoms with Crippen molar-refractivity contribution >= 4 is 28.8 Å². The first-order chi connectivity index (χ1) is 9.01. The van der Waals surface area contributed by atoms with E-state index < -0.39 is 0 Å². The monoisotopic (exact) mass is 279 g/mol. The molecule has 104 valence electrons. The Hall–Kier alpha value is -1.46. The number of hydrogen-bond donors (Lipinski definition) is 2. The molecule has 1 atom stereocenters. The maximum Gasteiger partial charge on any atom is 0.241 e. The average molecular weight is 279 g/mol. The van der Waals surface area contributed by atoms with E-state index in [1.54, 1.807) is 12.1 Å². The third-order valence-corrected chi connectivity index (χ3v) is 3.41. The van der Waals surface area contributed by atoms with Gasteiger partial charge in [-0.25, -0.2) is 0 Å². The molecule has 0 heterocycles. The summed E-state index contributed by atoms with van der Waals surface area (Å²) in [6, 6.07) is 7.12. The smallest absolute Gasteiger partial charge is 0.241 e. The van der Waals surface area contributed by atoms with Crippen LogP contribution in [0.15, 0.2) is 24.3 Å². The Bertz CT molecular complexity index is 458. The van der Waals surface area contributed by atoms with Crippen LogP contribution in [0.4, 0.5) is 5.69 Å². The van der Waals surface area contributed by atoms with Crippen LogP contribution in [0.2, 0.25) is 0 Å². The molecule has 0 radical (unpaired) electrons. The van der Waals surface area contributed by atoms with Gasteiger partial charge < -0.3 is 11.1 Å². The third-order valence-electron chi connectivity index (χ3n) is 3.19. The van der Waals surface area contributed by atoms with Gasteiger partial charge in [-0.2, -0.15) is 0 Å². The second-order valence-electron chi connectivity index (χ2n) is 4.30. The molecule has 4 nitrogen and oxygen atoms in total. The number of nitrogens with two attached hydrogens (primary N) is 1. The molecule has 5 heteroatoms. The molecule has 0 aliphatic carbocycles. The molecule has 3 N–H and O–H groups in total. The van der Waals surface area contributed by atoms with Crippen LogP contribution < -0.4 is 11.1 Å². The van der Waals surface area contributed by atoms with Gasteiger partial charge >= 0.3 is 0 Å². The summed E-state index contributed by atoms with van der Waals surface area (Å²) >= 11 is 4.98. The summed E-state index contributed by atoms with van der Waals surface area (Å²) in [5.41, 5.74) is 7.01. The number of amides is 1. The number of nitrogens with one attached hydrogen (secondary N) is 1. The van der Waals surface area contributed by atoms with E-state index in [-0.39, 0.29) is 16.9 Å². The van der Waals surface area contributed by atoms with E-state index in [0.29, 0.717) is 11.3 Å². The van der Waals surface area contributed by atoms with E-state index in [4.69, 9.17) is 18.0 Å². The molecule has 1 rings (SSSR count). The van der Waals surface area contributed by atoms with Gasteiger partial charge in [0, 0.05) is 5.56 Å². The van der Waals surface area contributed by atoms with Gasteiger partial charge in [-0.3, -0.25) is 9.69 Å². The minimum Gasteiger partial charge on any atom is -0.389 e. The largest absolute Gasteiger partial charge is 0.389 e. The minimum atomic E-state index is -0.186. The van der Waals surface area contributed by atoms with Crippen molar-refractivity contribution in [2.45, 2.75) is 26.8 Å². The molecule has 0 aliphatic heterocycles. The zero-order valence-electron chi connectivity index (χ0n) is 11.6. The number of thiocarbonyl (C=S) groups is 1. The molecular formula is C14H21N3OS. The normalized spacial score (nSPS) is 12.2. The Morgan fingerprint density at radius 1 is 1.37 bits per heavy atom. The fraction of sp³-hybridized carbons (Fsp3) is 0.429. The molecule has 0 bridgehead atoms. The van der Waals surface area contributed by atoms with Gasteiger partial charge in [0.2, 0.25) is 5.91 Å². The maximum absolute atomic E-state index is 12.2. The molecule has 0 saturated heterocycles. The molecule has 0 aliphatic rings. The Morgan fingerprint density at radius 3 is 2.47 bits per heavy atom. The highest BCUT2D eigenvalue weighted by Crippen LogP contribution is 2.15. The zero-order valence-corrected chi connectivity index (χ0v) is 12.5. The van der Waals surface area contributed by atoms with Gasteiger partial charge in [-0.15, -0.1) is 0 Å². The molecule has 0 saturated carbocycles. The highest BCUT2D eigenvalue weighted by atomic mass is 32.1. The second-order valence-corrected chi connectivity index (χ2v) is 4.74. The molecule has 1 aromatic rings. The van der Waals surface area contributed by atoms with Crippen LogP contribution in [0, 0.1) is 0 Å². The Kier molecular flexibility index (Phi) is 5.92. The lowest BCUT2D eigenvalue weighted by molar-refractivity contribution is -0.120. The number of para-hydroxylation sites is 1. The van der Waals surface area contributed by atoms with Crippen molar-refractivity contribution in [1.29, 1.82) is 0 Å². The number of likely N-dealkylation sites (N-methyl/N-ethyl adjacent to an activating group) is 1. The summed E-state index contributed by atoms with van der Waals surface area (Å²) < 4.78 is 0. The van der Waals surface area contributed by atoms with Crippen LogP contribution in [0.3, 0.4) is 0 Å². The van der Waals surface area contributed by atoms with Crippen LogP contribution in [0.1, 0.15) is 26.3 Å². The Balaban J connectivity index is 2.85. The van der Waals surface area contributed by atoms with Crippen LogP contribution in [0.5, 0.6) is 0 Å². The summed E-state index contributed by atoms with van der Waals surface area (Å²) in [7, 11) is 0. The molecule has 0 aromatic heterocycles. The predicted molar refractivity (Wildman–Crippen MR) is 83.3 cm³/mol. The Labute approximate surface area is 120 Å². The van der Waals surface area contributed by atoms with E-state index in [0.717, 1.165) is 13.1 Å². The summed E-state index contributed by atoms with van der Waals surface area (Å²) in [6.45, 7) is 7.64. The lowest BCUT2D eigenvalue weighted by Crippen LogP contribution is -2.42. The lowest BCUT2D eigenvalue weighted by Gasteiger charge is -2.25. The van der Waals surface area contributed by atoms with Crippen LogP contribution >= 0.6 is 12.2 Å². The van der Waals surface area contributed by atoms with Crippen molar-refractivity contribution in [1.82, 2.24) is 4.90 Å². The Morgan fingerprint density at radius 2 is 1.95 bits per heavy atom. The van der Waals surface area contributed by atoms with Crippen molar-refractivity contribution in [3.63, 3.8) is 0 Å². The van der Waals surface area contributed by atoms with Gasteiger partial charge in [0.05, 0.1) is 11.7 Å². The van der Waals surface area contributed by atoms with Crippen LogP contribution in [-0.2, 0) is 4.79 Å². The number of anilines is 1. The first-order valence-corrected chi connectivity index (χ1v) is 6.85. The second kappa shape index (κ2) is 7.21. The molecular weight excluding hydrogens is 258 g/mol. The third kappa shape index (κ3) is 4.01. The summed E-state index contributed by atoms with van der Waals surface area (Å²) in [5.74, 6) is -0.0487. The molecule has 1 unspecified atom stereocenters. The van der Waals surface area contributed by atoms with Crippen molar-refractivity contribution in [3.05, 3.63) is 29.8 Å². The van der Waals surface area contributed by atoms with Gasteiger partial charge in [0.1, 0.15) is 4.99 Å². The fourth-order valence-corrected chi connectivity index (χ4v) is 2.16. The standard InChI is InChI=1S/C14H21N3OS/c1-4-17(5-2)10(3)14(18)16-12-9-7-6-8-11(12)13(15)19/h6-10H,4-5H2,1-3H3,(H2,15,19)(H,16,18). The van der Waals surface area contributed by atoms with Crippen molar-refractivity contribution in [3.8, 4) is 0 Å². The van der Waals surface area contributed by atoms with E-state index in [1.165, 1.54) is 0 Å². The van der Waals surface area contributed by atoms with Crippen molar-refractivity contribution in [2.24, 2.45) is 5.73 Å². The lowest BCUT2D eigenvalue weighted by atomic mass is 10.1. The fourth-order valence-electron chi connectivity index (χ4n) is 1.98. The number of nitrogens with zero attached hydrogens (tertiary/aromatic N) is 1.